The van der Waals surface area contributed by atoms with Gasteiger partial charge in [-0.3, -0.25) is 4.79 Å². The van der Waals surface area contributed by atoms with E-state index in [2.05, 4.69) is 11.9 Å². The number of nitrogens with one attached hydrogen (secondary N) is 1. The van der Waals surface area contributed by atoms with Crippen molar-refractivity contribution in [3.8, 4) is 11.5 Å². The number of allylic oxidation sites excluding steroid dienone is 1. The molecule has 0 aliphatic carbocycles. The van der Waals surface area contributed by atoms with E-state index in [1.807, 2.05) is 6.92 Å². The number of aromatic hydroxyl groups is 2. The Hall–Kier alpha value is -2.61. The predicted octanol–water partition coefficient (Wildman–Crippen LogP) is 4.37. The fourth-order valence-corrected chi connectivity index (χ4v) is 2.51. The molecule has 2 aromatic carbocycles. The molecule has 2 aromatic rings. The number of carboxylic acid groups (broad SMARTS) is 1. The Bertz CT molecular complexity index is 898. The van der Waals surface area contributed by atoms with Gasteiger partial charge in [0.25, 0.3) is 5.91 Å². The summed E-state index contributed by atoms with van der Waals surface area (Å²) in [6, 6.07) is 8.54. The van der Waals surface area contributed by atoms with E-state index in [1.165, 1.54) is 0 Å². The van der Waals surface area contributed by atoms with Crippen LogP contribution in [0.25, 0.3) is 0 Å². The summed E-state index contributed by atoms with van der Waals surface area (Å²) in [5.41, 5.74) is 6.24. The monoisotopic (exact) mass is 478 g/mol. The van der Waals surface area contributed by atoms with Gasteiger partial charge in [0.2, 0.25) is 0 Å². The lowest BCUT2D eigenvalue weighted by molar-refractivity contribution is -0.139. The molecule has 0 bridgehead atoms. The lowest BCUT2D eigenvalue weighted by atomic mass is 10.1. The number of phenols is 2. The summed E-state index contributed by atoms with van der Waals surface area (Å²) in [6.07, 6.45) is 0.947. The highest BCUT2D eigenvalue weighted by molar-refractivity contribution is 6.38. The maximum Gasteiger partial charge on any atom is 0.326 e. The summed E-state index contributed by atoms with van der Waals surface area (Å²) >= 11 is 11.4. The molecule has 0 aliphatic heterocycles. The van der Waals surface area contributed by atoms with E-state index in [4.69, 9.17) is 28.9 Å². The molecular weight excluding hydrogens is 455 g/mol. The SMILES string of the molecule is C=C(N)CC.Cl.O=C(N[C@@H](Cc1ccccc1)C(=O)O)c1cc(Cl)c(O)c(Cl)c1O.[HH]. The van der Waals surface area contributed by atoms with Crippen molar-refractivity contribution in [3.63, 3.8) is 0 Å². The van der Waals surface area contributed by atoms with Crippen LogP contribution in [0.5, 0.6) is 11.5 Å². The highest BCUT2D eigenvalue weighted by Crippen LogP contribution is 2.40. The molecule has 0 unspecified atom stereocenters. The number of nitrogens with two attached hydrogens (primary N) is 1. The van der Waals surface area contributed by atoms with Gasteiger partial charge >= 0.3 is 5.97 Å². The van der Waals surface area contributed by atoms with Crippen molar-refractivity contribution in [1.29, 1.82) is 0 Å². The van der Waals surface area contributed by atoms with Crippen LogP contribution in [0.15, 0.2) is 48.7 Å². The van der Waals surface area contributed by atoms with Gasteiger partial charge in [0.15, 0.2) is 11.5 Å². The Labute approximate surface area is 192 Å². The fraction of sp³-hybridized carbons (Fsp3) is 0.200. The number of carbonyl (C=O) groups is 2. The van der Waals surface area contributed by atoms with Crippen LogP contribution in [0.2, 0.25) is 10.0 Å². The minimum Gasteiger partial charge on any atom is -0.505 e. The normalized spacial score (nSPS) is 10.6. The number of rotatable bonds is 6. The summed E-state index contributed by atoms with van der Waals surface area (Å²) in [4.78, 5) is 23.6. The zero-order chi connectivity index (χ0) is 22.1. The Morgan fingerprint density at radius 3 is 2.20 bits per heavy atom. The second-order valence-corrected chi connectivity index (χ2v) is 6.77. The van der Waals surface area contributed by atoms with Crippen LogP contribution in [-0.4, -0.2) is 33.2 Å². The Balaban J connectivity index is 0. The van der Waals surface area contributed by atoms with Gasteiger partial charge in [-0.05, 0) is 18.1 Å². The molecule has 0 saturated heterocycles. The molecule has 0 heterocycles. The molecule has 7 nitrogen and oxygen atoms in total. The molecule has 0 radical (unpaired) electrons. The van der Waals surface area contributed by atoms with Crippen LogP contribution < -0.4 is 11.1 Å². The molecule has 6 N–H and O–H groups in total. The van der Waals surface area contributed by atoms with E-state index in [-0.39, 0.29) is 30.8 Å². The van der Waals surface area contributed by atoms with Crippen LogP contribution >= 0.6 is 35.6 Å². The number of carbonyl (C=O) groups excluding carboxylic acids is 1. The lowest BCUT2D eigenvalue weighted by Gasteiger charge is -2.16. The molecule has 0 fully saturated rings. The third kappa shape index (κ3) is 8.02. The Morgan fingerprint density at radius 2 is 1.73 bits per heavy atom. The van der Waals surface area contributed by atoms with Gasteiger partial charge in [-0.1, -0.05) is 67.0 Å². The minimum atomic E-state index is -1.23. The first-order valence-electron chi connectivity index (χ1n) is 8.49. The molecule has 1 amide bonds. The van der Waals surface area contributed by atoms with E-state index in [0.29, 0.717) is 0 Å². The smallest absolute Gasteiger partial charge is 0.326 e. The van der Waals surface area contributed by atoms with Gasteiger partial charge in [-0.15, -0.1) is 12.4 Å². The molecule has 0 aromatic heterocycles. The van der Waals surface area contributed by atoms with Crippen molar-refractivity contribution in [2.45, 2.75) is 25.8 Å². The van der Waals surface area contributed by atoms with E-state index < -0.39 is 34.4 Å². The molecule has 2 rings (SSSR count). The van der Waals surface area contributed by atoms with Gasteiger partial charge in [-0.2, -0.15) is 0 Å². The lowest BCUT2D eigenvalue weighted by Crippen LogP contribution is -2.42. The number of halogens is 3. The predicted molar refractivity (Wildman–Crippen MR) is 122 cm³/mol. The highest BCUT2D eigenvalue weighted by atomic mass is 35.5. The Morgan fingerprint density at radius 1 is 1.20 bits per heavy atom. The second-order valence-electron chi connectivity index (χ2n) is 5.98. The average Bonchev–Trinajstić information content (AvgIpc) is 2.69. The summed E-state index contributed by atoms with van der Waals surface area (Å²) < 4.78 is 0. The molecule has 1 atom stereocenters. The van der Waals surface area contributed by atoms with Crippen LogP contribution in [-0.2, 0) is 11.2 Å². The molecule has 0 aliphatic rings. The Kier molecular flexibility index (Phi) is 11.7. The standard InChI is InChI=1S/C16H13Cl2NO5.C4H9N.ClH.H2/c17-10-7-9(13(20)12(18)14(10)21)15(22)19-11(16(23)24)6-8-4-2-1-3-5-8;1-3-4(2)5;;/h1-5,7,11,20-21H,6H2,(H,19,22)(H,23,24);2-3,5H2,1H3;2*1H/t11-;;;/m0.../s1. The first kappa shape index (κ1) is 27.4. The molecular formula is C20H25Cl3N2O5. The zero-order valence-electron chi connectivity index (χ0n) is 16.1. The number of hydrogen-bond acceptors (Lipinski definition) is 5. The van der Waals surface area contributed by atoms with Gasteiger partial charge in [0.1, 0.15) is 11.1 Å². The van der Waals surface area contributed by atoms with E-state index in [9.17, 15) is 24.9 Å². The third-order valence-electron chi connectivity index (χ3n) is 3.75. The maximum absolute atomic E-state index is 12.3. The van der Waals surface area contributed by atoms with Crippen LogP contribution in [0.4, 0.5) is 0 Å². The number of amides is 1. The number of hydrogen-bond donors (Lipinski definition) is 5. The molecule has 0 spiro atoms. The topological polar surface area (TPSA) is 133 Å². The van der Waals surface area contributed by atoms with Gasteiger partial charge < -0.3 is 26.4 Å². The average molecular weight is 480 g/mol. The fourth-order valence-electron chi connectivity index (χ4n) is 2.06. The van der Waals surface area contributed by atoms with Gasteiger partial charge in [-0.25, -0.2) is 4.79 Å². The van der Waals surface area contributed by atoms with E-state index in [1.54, 1.807) is 30.3 Å². The summed E-state index contributed by atoms with van der Waals surface area (Å²) in [7, 11) is 0. The number of aliphatic carboxylic acids is 1. The maximum atomic E-state index is 12.3. The van der Waals surface area contributed by atoms with Gasteiger partial charge in [0.05, 0.1) is 10.6 Å². The quantitative estimate of drug-likeness (QED) is 0.418. The van der Waals surface area contributed by atoms with Crippen LogP contribution in [0.3, 0.4) is 0 Å². The van der Waals surface area contributed by atoms with Crippen molar-refractivity contribution >= 4 is 47.5 Å². The largest absolute Gasteiger partial charge is 0.505 e. The number of carboxylic acids is 1. The minimum absolute atomic E-state index is 0. The molecule has 0 saturated carbocycles. The molecule has 10 heteroatoms. The van der Waals surface area contributed by atoms with Crippen molar-refractivity contribution in [1.82, 2.24) is 5.32 Å². The van der Waals surface area contributed by atoms with Crippen molar-refractivity contribution in [3.05, 3.63) is 69.8 Å². The summed E-state index contributed by atoms with van der Waals surface area (Å²) in [5.74, 6) is -3.35. The third-order valence-corrected chi connectivity index (χ3v) is 4.40. The number of benzene rings is 2. The summed E-state index contributed by atoms with van der Waals surface area (Å²) in [5, 5.41) is 30.2. The van der Waals surface area contributed by atoms with Crippen LogP contribution in [0, 0.1) is 0 Å². The first-order valence-corrected chi connectivity index (χ1v) is 9.24. The van der Waals surface area contributed by atoms with Gasteiger partial charge in [0, 0.05) is 13.5 Å². The van der Waals surface area contributed by atoms with E-state index in [0.717, 1.165) is 23.7 Å². The first-order chi connectivity index (χ1) is 13.6. The molecule has 30 heavy (non-hydrogen) atoms. The van der Waals surface area contributed by atoms with E-state index >= 15 is 0 Å². The number of phenolic OH excluding ortho intramolecular Hbond substituents is 2. The zero-order valence-corrected chi connectivity index (χ0v) is 18.4. The summed E-state index contributed by atoms with van der Waals surface area (Å²) in [6.45, 7) is 5.43. The molecule has 166 valence electrons. The highest BCUT2D eigenvalue weighted by Gasteiger charge is 2.25. The second kappa shape index (κ2) is 12.8. The van der Waals surface area contributed by atoms with Crippen molar-refractivity contribution in [2.24, 2.45) is 5.73 Å². The van der Waals surface area contributed by atoms with Crippen molar-refractivity contribution < 1.29 is 26.3 Å². The van der Waals surface area contributed by atoms with Crippen LogP contribution in [0.1, 0.15) is 30.7 Å². The van der Waals surface area contributed by atoms with Crippen molar-refractivity contribution in [2.75, 3.05) is 0 Å².